The molecule has 144 valence electrons. The third-order valence-electron chi connectivity index (χ3n) is 4.06. The Morgan fingerprint density at radius 1 is 1.11 bits per heavy atom. The number of carbonyl (C=O) groups is 1. The molecule has 0 radical (unpaired) electrons. The van der Waals surface area contributed by atoms with Gasteiger partial charge in [-0.05, 0) is 55.8 Å². The Morgan fingerprint density at radius 2 is 1.79 bits per heavy atom. The Bertz CT molecular complexity index is 992. The van der Waals surface area contributed by atoms with Crippen molar-refractivity contribution in [2.75, 3.05) is 23.0 Å². The van der Waals surface area contributed by atoms with Gasteiger partial charge in [0.05, 0.1) is 12.2 Å². The fourth-order valence-corrected chi connectivity index (χ4v) is 2.68. The first-order valence-electron chi connectivity index (χ1n) is 8.66. The van der Waals surface area contributed by atoms with Gasteiger partial charge in [-0.1, -0.05) is 17.7 Å². The van der Waals surface area contributed by atoms with Crippen molar-refractivity contribution in [3.8, 4) is 0 Å². The van der Waals surface area contributed by atoms with Gasteiger partial charge < -0.3 is 21.1 Å². The van der Waals surface area contributed by atoms with Crippen LogP contribution in [-0.2, 0) is 4.74 Å². The van der Waals surface area contributed by atoms with Gasteiger partial charge in [0.1, 0.15) is 12.0 Å². The maximum Gasteiger partial charge on any atom is 0.338 e. The number of ether oxygens (including phenoxy) is 1. The van der Waals surface area contributed by atoms with Gasteiger partial charge in [-0.15, -0.1) is 0 Å². The highest BCUT2D eigenvalue weighted by molar-refractivity contribution is 6.31. The van der Waals surface area contributed by atoms with E-state index in [-0.39, 0.29) is 5.97 Å². The minimum atomic E-state index is -0.362. The zero-order valence-electron chi connectivity index (χ0n) is 15.5. The molecule has 0 saturated carbocycles. The predicted molar refractivity (Wildman–Crippen MR) is 112 cm³/mol. The highest BCUT2D eigenvalue weighted by atomic mass is 35.5. The van der Waals surface area contributed by atoms with E-state index in [1.165, 1.54) is 6.33 Å². The number of rotatable bonds is 6. The van der Waals surface area contributed by atoms with Crippen LogP contribution in [0.1, 0.15) is 22.8 Å². The number of nitrogens with two attached hydrogens (primary N) is 1. The average molecular weight is 398 g/mol. The Kier molecular flexibility index (Phi) is 5.96. The Balaban J connectivity index is 1.79. The van der Waals surface area contributed by atoms with E-state index in [0.717, 1.165) is 16.9 Å². The lowest BCUT2D eigenvalue weighted by atomic mass is 10.2. The van der Waals surface area contributed by atoms with Gasteiger partial charge in [-0.25, -0.2) is 14.8 Å². The van der Waals surface area contributed by atoms with Crippen LogP contribution in [0.15, 0.2) is 48.8 Å². The highest BCUT2D eigenvalue weighted by Crippen LogP contribution is 2.31. The van der Waals surface area contributed by atoms with Crippen LogP contribution in [0.2, 0.25) is 5.02 Å². The number of anilines is 5. The van der Waals surface area contributed by atoms with Crippen LogP contribution < -0.4 is 16.4 Å². The van der Waals surface area contributed by atoms with Crippen LogP contribution in [0.25, 0.3) is 0 Å². The molecule has 28 heavy (non-hydrogen) atoms. The lowest BCUT2D eigenvalue weighted by molar-refractivity contribution is 0.0526. The second-order valence-corrected chi connectivity index (χ2v) is 6.35. The third kappa shape index (κ3) is 4.32. The van der Waals surface area contributed by atoms with Gasteiger partial charge >= 0.3 is 5.97 Å². The van der Waals surface area contributed by atoms with Gasteiger partial charge in [0.2, 0.25) is 0 Å². The van der Waals surface area contributed by atoms with Crippen molar-refractivity contribution in [3.05, 3.63) is 64.9 Å². The summed E-state index contributed by atoms with van der Waals surface area (Å²) in [6.45, 7) is 4.01. The third-order valence-corrected chi connectivity index (χ3v) is 4.47. The fraction of sp³-hybridized carbons (Fsp3) is 0.150. The molecule has 0 aliphatic rings. The van der Waals surface area contributed by atoms with Crippen LogP contribution in [0.4, 0.5) is 28.7 Å². The standard InChI is InChI=1S/C20H20ClN5O2/c1-3-28-20(27)13-7-9-14(10-8-13)25-18-17(22)19(24-11-23-18)26-16-6-4-5-15(21)12(16)2/h4-11H,3,22H2,1-2H3,(H2,23,24,25,26). The summed E-state index contributed by atoms with van der Waals surface area (Å²) in [5, 5.41) is 6.96. The molecule has 0 aliphatic carbocycles. The Morgan fingerprint density at radius 3 is 2.46 bits per heavy atom. The largest absolute Gasteiger partial charge is 0.462 e. The first-order chi connectivity index (χ1) is 13.5. The quantitative estimate of drug-likeness (QED) is 0.518. The molecule has 8 heteroatoms. The molecule has 4 N–H and O–H groups in total. The smallest absolute Gasteiger partial charge is 0.338 e. The molecule has 0 bridgehead atoms. The number of nitrogens with zero attached hydrogens (tertiary/aromatic N) is 2. The van der Waals surface area contributed by atoms with Crippen LogP contribution in [0, 0.1) is 6.92 Å². The topological polar surface area (TPSA) is 102 Å². The van der Waals surface area contributed by atoms with Gasteiger partial charge in [0, 0.05) is 16.4 Å². The molecule has 0 aliphatic heterocycles. The van der Waals surface area contributed by atoms with Gasteiger partial charge in [0.15, 0.2) is 11.6 Å². The van der Waals surface area contributed by atoms with Gasteiger partial charge in [-0.2, -0.15) is 0 Å². The number of hydrogen-bond donors (Lipinski definition) is 3. The summed E-state index contributed by atoms with van der Waals surface area (Å²) in [5.74, 6) is 0.547. The Hall–Kier alpha value is -3.32. The van der Waals surface area contributed by atoms with E-state index in [4.69, 9.17) is 22.1 Å². The number of carbonyl (C=O) groups excluding carboxylic acids is 1. The second-order valence-electron chi connectivity index (χ2n) is 5.94. The zero-order valence-corrected chi connectivity index (χ0v) is 16.2. The van der Waals surface area contributed by atoms with E-state index in [0.29, 0.717) is 34.5 Å². The maximum absolute atomic E-state index is 11.7. The molecule has 0 fully saturated rings. The summed E-state index contributed by atoms with van der Waals surface area (Å²) in [5.41, 5.74) is 9.49. The molecule has 1 heterocycles. The molecular weight excluding hydrogens is 378 g/mol. The second kappa shape index (κ2) is 8.58. The van der Waals surface area contributed by atoms with E-state index in [1.54, 1.807) is 31.2 Å². The summed E-state index contributed by atoms with van der Waals surface area (Å²) >= 11 is 6.16. The number of aromatic nitrogens is 2. The van der Waals surface area contributed by atoms with Crippen molar-refractivity contribution in [2.45, 2.75) is 13.8 Å². The Labute approximate surface area is 167 Å². The van der Waals surface area contributed by atoms with Crippen molar-refractivity contribution in [1.29, 1.82) is 0 Å². The highest BCUT2D eigenvalue weighted by Gasteiger charge is 2.11. The van der Waals surface area contributed by atoms with Crippen molar-refractivity contribution in [2.24, 2.45) is 0 Å². The van der Waals surface area contributed by atoms with E-state index in [2.05, 4.69) is 20.6 Å². The van der Waals surface area contributed by atoms with E-state index < -0.39 is 0 Å². The minimum Gasteiger partial charge on any atom is -0.462 e. The number of nitrogens with one attached hydrogen (secondary N) is 2. The van der Waals surface area contributed by atoms with Gasteiger partial charge in [0.25, 0.3) is 0 Å². The predicted octanol–water partition coefficient (Wildman–Crippen LogP) is 4.68. The molecular formula is C20H20ClN5O2. The van der Waals surface area contributed by atoms with Crippen molar-refractivity contribution < 1.29 is 9.53 Å². The van der Waals surface area contributed by atoms with Crippen molar-refractivity contribution >= 4 is 46.3 Å². The summed E-state index contributed by atoms with van der Waals surface area (Å²) < 4.78 is 4.98. The molecule has 0 spiro atoms. The zero-order chi connectivity index (χ0) is 20.1. The number of esters is 1. The monoisotopic (exact) mass is 397 g/mol. The SMILES string of the molecule is CCOC(=O)c1ccc(Nc2ncnc(Nc3cccc(Cl)c3C)c2N)cc1. The van der Waals surface area contributed by atoms with Crippen LogP contribution in [0.5, 0.6) is 0 Å². The first-order valence-corrected chi connectivity index (χ1v) is 9.04. The van der Waals surface area contributed by atoms with E-state index >= 15 is 0 Å². The molecule has 0 unspecified atom stereocenters. The molecule has 2 aromatic carbocycles. The maximum atomic E-state index is 11.7. The van der Waals surface area contributed by atoms with E-state index in [1.807, 2.05) is 25.1 Å². The number of benzene rings is 2. The molecule has 0 amide bonds. The first kappa shape index (κ1) is 19.4. The fourth-order valence-electron chi connectivity index (χ4n) is 2.51. The lowest BCUT2D eigenvalue weighted by Crippen LogP contribution is -2.06. The average Bonchev–Trinajstić information content (AvgIpc) is 2.69. The molecule has 1 aromatic heterocycles. The van der Waals surface area contributed by atoms with Crippen molar-refractivity contribution in [3.63, 3.8) is 0 Å². The number of halogens is 1. The summed E-state index contributed by atoms with van der Waals surface area (Å²) in [4.78, 5) is 20.1. The summed E-state index contributed by atoms with van der Waals surface area (Å²) in [7, 11) is 0. The van der Waals surface area contributed by atoms with E-state index in [9.17, 15) is 4.79 Å². The van der Waals surface area contributed by atoms with Crippen molar-refractivity contribution in [1.82, 2.24) is 9.97 Å². The normalized spacial score (nSPS) is 10.4. The van der Waals surface area contributed by atoms with Crippen LogP contribution >= 0.6 is 11.6 Å². The number of hydrogen-bond acceptors (Lipinski definition) is 7. The molecule has 0 atom stereocenters. The summed E-state index contributed by atoms with van der Waals surface area (Å²) in [6, 6.07) is 12.4. The minimum absolute atomic E-state index is 0.332. The molecule has 3 rings (SSSR count). The van der Waals surface area contributed by atoms with Crippen LogP contribution in [0.3, 0.4) is 0 Å². The lowest BCUT2D eigenvalue weighted by Gasteiger charge is -2.14. The summed E-state index contributed by atoms with van der Waals surface area (Å²) in [6.07, 6.45) is 1.41. The molecule has 0 saturated heterocycles. The van der Waals surface area contributed by atoms with Gasteiger partial charge in [-0.3, -0.25) is 0 Å². The molecule has 7 nitrogen and oxygen atoms in total. The number of nitrogen functional groups attached to an aromatic ring is 1. The van der Waals surface area contributed by atoms with Crippen LogP contribution in [-0.4, -0.2) is 22.5 Å². The molecule has 3 aromatic rings.